The highest BCUT2D eigenvalue weighted by Crippen LogP contribution is 2.49. The molecular weight excluding hydrogens is 392 g/mol. The van der Waals surface area contributed by atoms with E-state index in [4.69, 9.17) is 9.47 Å². The van der Waals surface area contributed by atoms with Crippen molar-refractivity contribution in [3.05, 3.63) is 69.8 Å². The van der Waals surface area contributed by atoms with Gasteiger partial charge in [0.25, 0.3) is 0 Å². The number of methoxy groups -OCH3 is 2. The first-order valence-electron chi connectivity index (χ1n) is 9.08. The zero-order chi connectivity index (χ0) is 22.1. The van der Waals surface area contributed by atoms with Crippen LogP contribution in [0.15, 0.2) is 48.5 Å². The first kappa shape index (κ1) is 21.0. The van der Waals surface area contributed by atoms with Crippen molar-refractivity contribution >= 4 is 23.3 Å². The van der Waals surface area contributed by atoms with E-state index < -0.39 is 40.6 Å². The number of benzene rings is 2. The number of esters is 1. The minimum atomic E-state index is -2.29. The van der Waals surface area contributed by atoms with Gasteiger partial charge in [0, 0.05) is 23.0 Å². The molecule has 0 spiro atoms. The van der Waals surface area contributed by atoms with Gasteiger partial charge in [-0.25, -0.2) is 4.79 Å². The van der Waals surface area contributed by atoms with Crippen LogP contribution in [-0.2, 0) is 14.3 Å². The standard InChI is InChI=1S/C21H20N2O7/c1-13(24)23-17-10-6-4-9-15(17)19(25)21(23,20(26)30-3)16(12-22(27)28)14-8-5-7-11-18(14)29-2/h4-11,16H,12H2,1-3H3/t16-,21+/m1/s1. The Labute approximate surface area is 172 Å². The van der Waals surface area contributed by atoms with Crippen LogP contribution < -0.4 is 9.64 Å². The van der Waals surface area contributed by atoms with Crippen molar-refractivity contribution < 1.29 is 28.8 Å². The van der Waals surface area contributed by atoms with Crippen LogP contribution >= 0.6 is 0 Å². The van der Waals surface area contributed by atoms with Gasteiger partial charge in [0.05, 0.1) is 25.8 Å². The molecule has 2 aromatic carbocycles. The molecule has 156 valence electrons. The van der Waals surface area contributed by atoms with Crippen LogP contribution in [0.1, 0.15) is 28.8 Å². The predicted octanol–water partition coefficient (Wildman–Crippen LogP) is 2.22. The number of para-hydroxylation sites is 2. The molecule has 0 aromatic heterocycles. The number of Topliss-reactive ketones (excluding diaryl/α,β-unsaturated/α-hetero) is 1. The number of hydrogen-bond acceptors (Lipinski definition) is 7. The molecule has 0 unspecified atom stereocenters. The molecule has 0 fully saturated rings. The van der Waals surface area contributed by atoms with Gasteiger partial charge in [-0.2, -0.15) is 0 Å². The molecule has 0 bridgehead atoms. The van der Waals surface area contributed by atoms with E-state index in [2.05, 4.69) is 0 Å². The molecule has 1 heterocycles. The van der Waals surface area contributed by atoms with Crippen molar-refractivity contribution in [1.29, 1.82) is 0 Å². The molecule has 0 saturated heterocycles. The minimum Gasteiger partial charge on any atom is -0.496 e. The summed E-state index contributed by atoms with van der Waals surface area (Å²) < 4.78 is 10.3. The summed E-state index contributed by atoms with van der Waals surface area (Å²) in [4.78, 5) is 51.7. The topological polar surface area (TPSA) is 116 Å². The van der Waals surface area contributed by atoms with Crippen LogP contribution in [0.25, 0.3) is 0 Å². The van der Waals surface area contributed by atoms with Crippen molar-refractivity contribution in [2.24, 2.45) is 0 Å². The maximum atomic E-state index is 13.7. The van der Waals surface area contributed by atoms with Crippen molar-refractivity contribution in [3.63, 3.8) is 0 Å². The molecule has 2 atom stereocenters. The van der Waals surface area contributed by atoms with Gasteiger partial charge in [-0.3, -0.25) is 24.6 Å². The molecule has 0 aliphatic carbocycles. The van der Waals surface area contributed by atoms with Crippen LogP contribution in [0.3, 0.4) is 0 Å². The van der Waals surface area contributed by atoms with Crippen LogP contribution in [0.2, 0.25) is 0 Å². The molecule has 9 heteroatoms. The number of carbonyl (C=O) groups is 3. The van der Waals surface area contributed by atoms with E-state index in [9.17, 15) is 24.5 Å². The second-order valence-electron chi connectivity index (χ2n) is 6.77. The SMILES string of the molecule is COC(=O)[C@]1([C@H](C[N+](=O)[O-])c2ccccc2OC)C(=O)c2ccccc2N1C(C)=O. The van der Waals surface area contributed by atoms with Crippen molar-refractivity contribution in [2.45, 2.75) is 18.4 Å². The van der Waals surface area contributed by atoms with Crippen molar-refractivity contribution in [3.8, 4) is 5.75 Å². The summed E-state index contributed by atoms with van der Waals surface area (Å²) in [6.07, 6.45) is 0. The van der Waals surface area contributed by atoms with E-state index in [1.54, 1.807) is 30.3 Å². The largest absolute Gasteiger partial charge is 0.496 e. The van der Waals surface area contributed by atoms with E-state index in [0.29, 0.717) is 0 Å². The highest BCUT2D eigenvalue weighted by atomic mass is 16.6. The number of carbonyl (C=O) groups excluding carboxylic acids is 3. The van der Waals surface area contributed by atoms with E-state index in [1.165, 1.54) is 32.2 Å². The van der Waals surface area contributed by atoms with Gasteiger partial charge in [0.1, 0.15) is 5.75 Å². The van der Waals surface area contributed by atoms with Crippen LogP contribution in [-0.4, -0.2) is 48.9 Å². The Kier molecular flexibility index (Phi) is 5.55. The van der Waals surface area contributed by atoms with Gasteiger partial charge in [0.15, 0.2) is 0 Å². The average Bonchev–Trinajstić information content (AvgIpc) is 3.01. The van der Waals surface area contributed by atoms with E-state index in [1.807, 2.05) is 0 Å². The van der Waals surface area contributed by atoms with Crippen LogP contribution in [0.5, 0.6) is 5.75 Å². The highest BCUT2D eigenvalue weighted by molar-refractivity contribution is 6.30. The monoisotopic (exact) mass is 412 g/mol. The summed E-state index contributed by atoms with van der Waals surface area (Å²) in [5, 5.41) is 11.6. The molecule has 0 radical (unpaired) electrons. The summed E-state index contributed by atoms with van der Waals surface area (Å²) in [6, 6.07) is 12.6. The van der Waals surface area contributed by atoms with E-state index in [0.717, 1.165) is 12.0 Å². The molecule has 3 rings (SSSR count). The number of fused-ring (bicyclic) bond motifs is 1. The smallest absolute Gasteiger partial charge is 0.341 e. The van der Waals surface area contributed by atoms with Crippen LogP contribution in [0.4, 0.5) is 5.69 Å². The number of nitrogens with zero attached hydrogens (tertiary/aromatic N) is 2. The number of anilines is 1. The molecule has 1 aliphatic heterocycles. The number of amides is 1. The third-order valence-corrected chi connectivity index (χ3v) is 5.25. The van der Waals surface area contributed by atoms with Gasteiger partial charge in [-0.05, 0) is 18.2 Å². The number of ketones is 1. The third-order valence-electron chi connectivity index (χ3n) is 5.25. The molecule has 0 saturated carbocycles. The normalized spacial score (nSPS) is 18.5. The molecule has 0 N–H and O–H groups in total. The summed E-state index contributed by atoms with van der Waals surface area (Å²) in [5.41, 5.74) is -1.73. The Morgan fingerprint density at radius 3 is 2.37 bits per heavy atom. The second-order valence-corrected chi connectivity index (χ2v) is 6.77. The Bertz CT molecular complexity index is 1040. The highest BCUT2D eigenvalue weighted by Gasteiger charge is 2.66. The Hall–Kier alpha value is -3.75. The maximum absolute atomic E-state index is 13.7. The number of nitro groups is 1. The zero-order valence-electron chi connectivity index (χ0n) is 16.7. The quantitative estimate of drug-likeness (QED) is 0.309. The second kappa shape index (κ2) is 7.94. The Balaban J connectivity index is 2.40. The molecule has 30 heavy (non-hydrogen) atoms. The molecule has 2 aromatic rings. The summed E-state index contributed by atoms with van der Waals surface area (Å²) in [6.45, 7) is 0.386. The van der Waals surface area contributed by atoms with Crippen molar-refractivity contribution in [2.75, 3.05) is 25.7 Å². The lowest BCUT2D eigenvalue weighted by Crippen LogP contribution is -2.63. The average molecular weight is 412 g/mol. The summed E-state index contributed by atoms with van der Waals surface area (Å²) >= 11 is 0. The zero-order valence-corrected chi connectivity index (χ0v) is 16.7. The maximum Gasteiger partial charge on any atom is 0.341 e. The first-order valence-corrected chi connectivity index (χ1v) is 9.08. The van der Waals surface area contributed by atoms with Gasteiger partial charge in [0.2, 0.25) is 23.8 Å². The lowest BCUT2D eigenvalue weighted by Gasteiger charge is -2.39. The molecule has 1 amide bonds. The number of hydrogen-bond donors (Lipinski definition) is 0. The van der Waals surface area contributed by atoms with Crippen LogP contribution in [0, 0.1) is 10.1 Å². The summed E-state index contributed by atoms with van der Waals surface area (Å²) in [5.74, 6) is -3.53. The predicted molar refractivity (Wildman–Crippen MR) is 106 cm³/mol. The van der Waals surface area contributed by atoms with Gasteiger partial charge in [-0.15, -0.1) is 0 Å². The fourth-order valence-electron chi connectivity index (χ4n) is 4.13. The van der Waals surface area contributed by atoms with Gasteiger partial charge in [-0.1, -0.05) is 30.3 Å². The molecule has 1 aliphatic rings. The summed E-state index contributed by atoms with van der Waals surface area (Å²) in [7, 11) is 2.45. The third kappa shape index (κ3) is 2.99. The van der Waals surface area contributed by atoms with E-state index >= 15 is 0 Å². The number of ether oxygens (including phenoxy) is 2. The fraction of sp³-hybridized carbons (Fsp3) is 0.286. The molecular formula is C21H20N2O7. The number of rotatable bonds is 6. The van der Waals surface area contributed by atoms with Crippen molar-refractivity contribution in [1.82, 2.24) is 0 Å². The van der Waals surface area contributed by atoms with Gasteiger partial charge >= 0.3 is 5.97 Å². The lowest BCUT2D eigenvalue weighted by molar-refractivity contribution is -0.484. The first-order chi connectivity index (χ1) is 14.3. The Morgan fingerprint density at radius 1 is 1.13 bits per heavy atom. The molecule has 9 nitrogen and oxygen atoms in total. The van der Waals surface area contributed by atoms with E-state index in [-0.39, 0.29) is 22.6 Å². The lowest BCUT2D eigenvalue weighted by atomic mass is 9.75. The Morgan fingerprint density at radius 2 is 1.77 bits per heavy atom. The van der Waals surface area contributed by atoms with Gasteiger partial charge < -0.3 is 9.47 Å². The minimum absolute atomic E-state index is 0.112. The fourth-order valence-corrected chi connectivity index (χ4v) is 4.13.